The molecule has 1 aliphatic rings. The molecule has 0 aromatic heterocycles. The Morgan fingerprint density at radius 3 is 2.50 bits per heavy atom. The van der Waals surface area contributed by atoms with Gasteiger partial charge in [0.1, 0.15) is 12.7 Å². The van der Waals surface area contributed by atoms with Crippen LogP contribution in [0.3, 0.4) is 0 Å². The zero-order chi connectivity index (χ0) is 15.2. The highest BCUT2D eigenvalue weighted by Crippen LogP contribution is 2.15. The van der Waals surface area contributed by atoms with Gasteiger partial charge in [0.25, 0.3) is 0 Å². The van der Waals surface area contributed by atoms with E-state index in [2.05, 4.69) is 15.0 Å². The molecule has 0 unspecified atom stereocenters. The van der Waals surface area contributed by atoms with Crippen LogP contribution in [0.1, 0.15) is 13.8 Å². The van der Waals surface area contributed by atoms with E-state index in [1.807, 2.05) is 6.92 Å². The Morgan fingerprint density at radius 1 is 1.35 bits per heavy atom. The lowest BCUT2D eigenvalue weighted by Crippen LogP contribution is -2.48. The van der Waals surface area contributed by atoms with Crippen molar-refractivity contribution in [2.24, 2.45) is 0 Å². The Hall–Kier alpha value is -0.860. The van der Waals surface area contributed by atoms with Crippen LogP contribution in [-0.4, -0.2) is 68.6 Å². The summed E-state index contributed by atoms with van der Waals surface area (Å²) in [5, 5.41) is 2.60. The van der Waals surface area contributed by atoms with Crippen molar-refractivity contribution >= 4 is 5.91 Å². The number of nitrogens with zero attached hydrogens (tertiary/aromatic N) is 1. The molecule has 0 bridgehead atoms. The van der Waals surface area contributed by atoms with Crippen molar-refractivity contribution in [2.45, 2.75) is 32.2 Å². The van der Waals surface area contributed by atoms with Crippen molar-refractivity contribution < 1.29 is 27.4 Å². The van der Waals surface area contributed by atoms with Gasteiger partial charge in [-0.05, 0) is 13.8 Å². The summed E-state index contributed by atoms with van der Waals surface area (Å²) in [4.78, 5) is 13.8. The molecule has 118 valence electrons. The van der Waals surface area contributed by atoms with Crippen molar-refractivity contribution in [2.75, 3.05) is 39.5 Å². The number of ether oxygens (including phenoxy) is 2. The van der Waals surface area contributed by atoms with Gasteiger partial charge in [0.2, 0.25) is 5.91 Å². The topological polar surface area (TPSA) is 50.8 Å². The normalized spacial score (nSPS) is 20.4. The Morgan fingerprint density at radius 2 is 1.95 bits per heavy atom. The van der Waals surface area contributed by atoms with Gasteiger partial charge in [-0.1, -0.05) is 0 Å². The van der Waals surface area contributed by atoms with Crippen molar-refractivity contribution in [3.05, 3.63) is 0 Å². The molecule has 0 radical (unpaired) electrons. The fraction of sp³-hybridized carbons (Fsp3) is 0.917. The second kappa shape index (κ2) is 7.80. The molecule has 0 saturated carbocycles. The minimum Gasteiger partial charge on any atom is -0.379 e. The summed E-state index contributed by atoms with van der Waals surface area (Å²) in [6, 6.07) is 0.109. The second-order valence-electron chi connectivity index (χ2n) is 4.81. The smallest absolute Gasteiger partial charge is 0.379 e. The van der Waals surface area contributed by atoms with Crippen LogP contribution < -0.4 is 5.32 Å². The highest BCUT2D eigenvalue weighted by atomic mass is 19.4. The van der Waals surface area contributed by atoms with Gasteiger partial charge >= 0.3 is 6.18 Å². The molecule has 1 saturated heterocycles. The Balaban J connectivity index is 2.24. The molecule has 1 aliphatic heterocycles. The standard InChI is InChI=1S/C12H21F3N2O3/c1-9(17-3-5-19-6-4-17)7-16-11(18)10(2)20-8-12(13,14)15/h9-10H,3-8H2,1-2H3,(H,16,18)/t9-,10-/m1/s1. The summed E-state index contributed by atoms with van der Waals surface area (Å²) in [6.45, 7) is 5.10. The van der Waals surface area contributed by atoms with Crippen LogP contribution in [0.15, 0.2) is 0 Å². The molecule has 2 atom stereocenters. The molecule has 8 heteroatoms. The molecule has 20 heavy (non-hydrogen) atoms. The first-order chi connectivity index (χ1) is 9.29. The van der Waals surface area contributed by atoms with Crippen LogP contribution in [0.25, 0.3) is 0 Å². The predicted octanol–water partition coefficient (Wildman–Crippen LogP) is 0.791. The summed E-state index contributed by atoms with van der Waals surface area (Å²) < 4.78 is 45.6. The lowest BCUT2D eigenvalue weighted by Gasteiger charge is -2.32. The Labute approximate surface area is 116 Å². The largest absolute Gasteiger partial charge is 0.411 e. The minimum atomic E-state index is -4.42. The van der Waals surface area contributed by atoms with E-state index in [1.165, 1.54) is 6.92 Å². The molecule has 1 N–H and O–H groups in total. The monoisotopic (exact) mass is 298 g/mol. The van der Waals surface area contributed by atoms with Crippen LogP contribution in [0.5, 0.6) is 0 Å². The number of carbonyl (C=O) groups is 1. The number of hydrogen-bond donors (Lipinski definition) is 1. The zero-order valence-corrected chi connectivity index (χ0v) is 11.7. The maximum Gasteiger partial charge on any atom is 0.411 e. The highest BCUT2D eigenvalue weighted by molar-refractivity contribution is 5.80. The minimum absolute atomic E-state index is 0.109. The Kier molecular flexibility index (Phi) is 6.70. The fourth-order valence-electron chi connectivity index (χ4n) is 1.83. The SMILES string of the molecule is C[C@H](CNC(=O)[C@@H](C)OCC(F)(F)F)N1CCOCC1. The first-order valence-corrected chi connectivity index (χ1v) is 6.57. The van der Waals surface area contributed by atoms with Crippen LogP contribution in [0, 0.1) is 0 Å². The first kappa shape index (κ1) is 17.2. The van der Waals surface area contributed by atoms with E-state index in [0.29, 0.717) is 19.8 Å². The first-order valence-electron chi connectivity index (χ1n) is 6.57. The van der Waals surface area contributed by atoms with Gasteiger partial charge in [-0.2, -0.15) is 13.2 Å². The number of carbonyl (C=O) groups excluding carboxylic acids is 1. The summed E-state index contributed by atoms with van der Waals surface area (Å²) in [6.07, 6.45) is -5.54. The molecule has 0 aromatic carbocycles. The summed E-state index contributed by atoms with van der Waals surface area (Å²) in [5.74, 6) is -0.533. The molecule has 0 aromatic rings. The van der Waals surface area contributed by atoms with Gasteiger partial charge in [0, 0.05) is 25.7 Å². The number of hydrogen-bond acceptors (Lipinski definition) is 4. The average Bonchev–Trinajstić information content (AvgIpc) is 2.41. The molecule has 0 aliphatic carbocycles. The number of amides is 1. The van der Waals surface area contributed by atoms with Crippen LogP contribution in [0.4, 0.5) is 13.2 Å². The van der Waals surface area contributed by atoms with E-state index >= 15 is 0 Å². The van der Waals surface area contributed by atoms with E-state index < -0.39 is 24.8 Å². The quantitative estimate of drug-likeness (QED) is 0.788. The van der Waals surface area contributed by atoms with Crippen molar-refractivity contribution in [3.63, 3.8) is 0 Å². The van der Waals surface area contributed by atoms with E-state index in [0.717, 1.165) is 13.1 Å². The lowest BCUT2D eigenvalue weighted by molar-refractivity contribution is -0.185. The zero-order valence-electron chi connectivity index (χ0n) is 11.7. The van der Waals surface area contributed by atoms with Crippen LogP contribution in [-0.2, 0) is 14.3 Å². The number of alkyl halides is 3. The molecular formula is C12H21F3N2O3. The molecule has 1 fully saturated rings. The van der Waals surface area contributed by atoms with E-state index in [9.17, 15) is 18.0 Å². The number of rotatable bonds is 6. The van der Waals surface area contributed by atoms with Gasteiger partial charge in [0.05, 0.1) is 13.2 Å². The fourth-order valence-corrected chi connectivity index (χ4v) is 1.83. The summed E-state index contributed by atoms with van der Waals surface area (Å²) in [7, 11) is 0. The van der Waals surface area contributed by atoms with Crippen molar-refractivity contribution in [1.82, 2.24) is 10.2 Å². The Bertz CT molecular complexity index is 307. The maximum atomic E-state index is 12.0. The van der Waals surface area contributed by atoms with Crippen molar-refractivity contribution in [1.29, 1.82) is 0 Å². The maximum absolute atomic E-state index is 12.0. The third-order valence-corrected chi connectivity index (χ3v) is 3.11. The van der Waals surface area contributed by atoms with E-state index in [1.54, 1.807) is 0 Å². The molecule has 1 rings (SSSR count). The van der Waals surface area contributed by atoms with E-state index in [4.69, 9.17) is 4.74 Å². The third-order valence-electron chi connectivity index (χ3n) is 3.11. The predicted molar refractivity (Wildman–Crippen MR) is 66.3 cm³/mol. The number of halogens is 3. The third kappa shape index (κ3) is 6.53. The highest BCUT2D eigenvalue weighted by Gasteiger charge is 2.30. The number of morpholine rings is 1. The van der Waals surface area contributed by atoms with Crippen molar-refractivity contribution in [3.8, 4) is 0 Å². The molecular weight excluding hydrogens is 277 g/mol. The molecule has 0 spiro atoms. The van der Waals surface area contributed by atoms with E-state index in [-0.39, 0.29) is 6.04 Å². The summed E-state index contributed by atoms with van der Waals surface area (Å²) in [5.41, 5.74) is 0. The average molecular weight is 298 g/mol. The molecule has 1 amide bonds. The van der Waals surface area contributed by atoms with Gasteiger partial charge in [-0.3, -0.25) is 9.69 Å². The molecule has 1 heterocycles. The van der Waals surface area contributed by atoms with Gasteiger partial charge in [-0.25, -0.2) is 0 Å². The van der Waals surface area contributed by atoms with Crippen LogP contribution in [0.2, 0.25) is 0 Å². The summed E-state index contributed by atoms with van der Waals surface area (Å²) >= 11 is 0. The lowest BCUT2D eigenvalue weighted by atomic mass is 10.2. The molecule has 5 nitrogen and oxygen atoms in total. The van der Waals surface area contributed by atoms with Gasteiger partial charge in [0.15, 0.2) is 0 Å². The van der Waals surface area contributed by atoms with Crippen LogP contribution >= 0.6 is 0 Å². The van der Waals surface area contributed by atoms with Gasteiger partial charge < -0.3 is 14.8 Å². The van der Waals surface area contributed by atoms with Gasteiger partial charge in [-0.15, -0.1) is 0 Å². The second-order valence-corrected chi connectivity index (χ2v) is 4.81. The number of nitrogens with one attached hydrogen (secondary N) is 1.